The number of H-pyrrole nitrogens is 1. The molecule has 0 aromatic carbocycles. The fraction of sp³-hybridized carbons (Fsp3) is 0.667. The highest BCUT2D eigenvalue weighted by atomic mass is 16.1. The van der Waals surface area contributed by atoms with E-state index in [2.05, 4.69) is 10.3 Å². The van der Waals surface area contributed by atoms with Gasteiger partial charge in [0.1, 0.15) is 6.54 Å². The smallest absolute Gasteiger partial charge is 0.233 e. The number of carbonyl (C=O) groups excluding carboxylic acids is 2. The van der Waals surface area contributed by atoms with E-state index in [1.54, 1.807) is 6.92 Å². The zero-order valence-corrected chi connectivity index (χ0v) is 14.1. The molecule has 1 heterocycles. The summed E-state index contributed by atoms with van der Waals surface area (Å²) < 4.78 is 0. The van der Waals surface area contributed by atoms with Gasteiger partial charge in [-0.1, -0.05) is 19.3 Å². The maximum absolute atomic E-state index is 12.5. The predicted octanol–water partition coefficient (Wildman–Crippen LogP) is 2.69. The van der Waals surface area contributed by atoms with Crippen LogP contribution in [0.15, 0.2) is 0 Å². The molecule has 0 bridgehead atoms. The predicted molar refractivity (Wildman–Crippen MR) is 87.5 cm³/mol. The number of ketones is 2. The molecule has 0 aliphatic heterocycles. The molecule has 2 rings (SSSR count). The van der Waals surface area contributed by atoms with Gasteiger partial charge in [0.15, 0.2) is 5.78 Å². The average molecular weight is 305 g/mol. The third kappa shape index (κ3) is 4.07. The van der Waals surface area contributed by atoms with E-state index in [9.17, 15) is 9.59 Å². The Balaban J connectivity index is 1.97. The lowest BCUT2D eigenvalue weighted by atomic mass is 9.96. The lowest BCUT2D eigenvalue weighted by Crippen LogP contribution is -2.91. The number of Topliss-reactive ketones (excluding diaryl/α,β-unsaturated/α-hetero) is 2. The van der Waals surface area contributed by atoms with E-state index in [0.29, 0.717) is 23.8 Å². The zero-order valence-electron chi connectivity index (χ0n) is 14.1. The highest BCUT2D eigenvalue weighted by Gasteiger charge is 2.22. The van der Waals surface area contributed by atoms with Gasteiger partial charge >= 0.3 is 0 Å². The third-order valence-electron chi connectivity index (χ3n) is 4.85. The second-order valence-electron chi connectivity index (χ2n) is 6.65. The van der Waals surface area contributed by atoms with E-state index in [0.717, 1.165) is 11.3 Å². The van der Waals surface area contributed by atoms with Gasteiger partial charge in [0, 0.05) is 11.3 Å². The van der Waals surface area contributed by atoms with Crippen LogP contribution in [0.5, 0.6) is 0 Å². The molecular formula is C18H29N2O2+. The molecule has 0 unspecified atom stereocenters. The fourth-order valence-corrected chi connectivity index (χ4v) is 3.66. The van der Waals surface area contributed by atoms with Crippen molar-refractivity contribution >= 4 is 11.6 Å². The first-order valence-corrected chi connectivity index (χ1v) is 8.57. The van der Waals surface area contributed by atoms with Gasteiger partial charge in [0.2, 0.25) is 5.78 Å². The number of nitrogens with one attached hydrogen (secondary N) is 1. The third-order valence-corrected chi connectivity index (χ3v) is 4.85. The van der Waals surface area contributed by atoms with Gasteiger partial charge in [-0.05, 0) is 52.0 Å². The summed E-state index contributed by atoms with van der Waals surface area (Å²) in [5.74, 6) is 0.129. The van der Waals surface area contributed by atoms with Gasteiger partial charge in [-0.25, -0.2) is 0 Å². The molecular weight excluding hydrogens is 276 g/mol. The Labute approximate surface area is 133 Å². The standard InChI is InChI=1S/C18H28N2O2/c1-12-17(14(3)21)13(2)20-18(12)16(22)11-19-15-9-7-5-4-6-8-10-15/h15,19-20H,4-11H2,1-3H3/p+1. The van der Waals surface area contributed by atoms with Crippen LogP contribution in [0.25, 0.3) is 0 Å². The first-order chi connectivity index (χ1) is 10.5. The van der Waals surface area contributed by atoms with Crippen LogP contribution in [0.2, 0.25) is 0 Å². The van der Waals surface area contributed by atoms with Crippen LogP contribution >= 0.6 is 0 Å². The van der Waals surface area contributed by atoms with E-state index < -0.39 is 0 Å². The molecule has 3 N–H and O–H groups in total. The fourth-order valence-electron chi connectivity index (χ4n) is 3.66. The summed E-state index contributed by atoms with van der Waals surface area (Å²) in [6, 6.07) is 0.577. The first kappa shape index (κ1) is 16.9. The minimum Gasteiger partial charge on any atom is -0.355 e. The van der Waals surface area contributed by atoms with Crippen molar-refractivity contribution in [2.45, 2.75) is 71.8 Å². The quantitative estimate of drug-likeness (QED) is 0.821. The highest BCUT2D eigenvalue weighted by molar-refractivity contribution is 6.03. The molecule has 22 heavy (non-hydrogen) atoms. The molecule has 1 aromatic rings. The summed E-state index contributed by atoms with van der Waals surface area (Å²) >= 11 is 0. The Hall–Kier alpha value is -1.42. The number of rotatable bonds is 5. The van der Waals surface area contributed by atoms with Gasteiger partial charge < -0.3 is 10.3 Å². The van der Waals surface area contributed by atoms with Crippen LogP contribution in [-0.4, -0.2) is 29.1 Å². The summed E-state index contributed by atoms with van der Waals surface area (Å²) in [5.41, 5.74) is 2.90. The van der Waals surface area contributed by atoms with Crippen molar-refractivity contribution < 1.29 is 14.9 Å². The summed E-state index contributed by atoms with van der Waals surface area (Å²) in [6.45, 7) is 5.75. The van der Waals surface area contributed by atoms with Gasteiger partial charge in [-0.3, -0.25) is 9.59 Å². The van der Waals surface area contributed by atoms with Crippen LogP contribution in [-0.2, 0) is 0 Å². The van der Waals surface area contributed by atoms with E-state index >= 15 is 0 Å². The Bertz CT molecular complexity index is 538. The minimum atomic E-state index is 0.0225. The maximum Gasteiger partial charge on any atom is 0.233 e. The topological polar surface area (TPSA) is 66.5 Å². The van der Waals surface area contributed by atoms with Crippen LogP contribution in [0.1, 0.15) is 84.0 Å². The molecule has 1 aromatic heterocycles. The van der Waals surface area contributed by atoms with Gasteiger partial charge in [-0.15, -0.1) is 0 Å². The summed E-state index contributed by atoms with van der Waals surface area (Å²) in [5, 5.41) is 2.21. The van der Waals surface area contributed by atoms with Crippen LogP contribution in [0, 0.1) is 13.8 Å². The molecule has 1 fully saturated rings. The first-order valence-electron chi connectivity index (χ1n) is 8.57. The number of carbonyl (C=O) groups is 2. The Morgan fingerprint density at radius 3 is 2.23 bits per heavy atom. The second kappa shape index (κ2) is 7.73. The van der Waals surface area contributed by atoms with Crippen LogP contribution < -0.4 is 5.32 Å². The zero-order chi connectivity index (χ0) is 16.1. The Morgan fingerprint density at radius 1 is 1.09 bits per heavy atom. The number of hydrogen-bond acceptors (Lipinski definition) is 2. The van der Waals surface area contributed by atoms with Crippen LogP contribution in [0.4, 0.5) is 0 Å². The van der Waals surface area contributed by atoms with Gasteiger partial charge in [-0.2, -0.15) is 0 Å². The van der Waals surface area contributed by atoms with E-state index in [4.69, 9.17) is 0 Å². The van der Waals surface area contributed by atoms with Crippen molar-refractivity contribution in [1.82, 2.24) is 4.98 Å². The molecule has 122 valence electrons. The van der Waals surface area contributed by atoms with Crippen molar-refractivity contribution in [2.24, 2.45) is 0 Å². The summed E-state index contributed by atoms with van der Waals surface area (Å²) in [4.78, 5) is 27.2. The van der Waals surface area contributed by atoms with Crippen molar-refractivity contribution in [3.8, 4) is 0 Å². The van der Waals surface area contributed by atoms with E-state index in [-0.39, 0.29) is 11.6 Å². The van der Waals surface area contributed by atoms with E-state index in [1.165, 1.54) is 44.9 Å². The molecule has 1 aliphatic rings. The number of nitrogens with two attached hydrogens (primary N) is 1. The monoisotopic (exact) mass is 305 g/mol. The molecule has 1 aliphatic carbocycles. The summed E-state index contributed by atoms with van der Waals surface area (Å²) in [7, 11) is 0. The van der Waals surface area contributed by atoms with Gasteiger partial charge in [0.05, 0.1) is 11.7 Å². The second-order valence-corrected chi connectivity index (χ2v) is 6.65. The molecule has 4 heteroatoms. The molecule has 0 spiro atoms. The molecule has 0 atom stereocenters. The normalized spacial score (nSPS) is 17.0. The highest BCUT2D eigenvalue weighted by Crippen LogP contribution is 2.19. The number of quaternary nitrogens is 1. The lowest BCUT2D eigenvalue weighted by molar-refractivity contribution is -0.679. The average Bonchev–Trinajstić information content (AvgIpc) is 2.72. The minimum absolute atomic E-state index is 0.0225. The largest absolute Gasteiger partial charge is 0.355 e. The van der Waals surface area contributed by atoms with Crippen LogP contribution in [0.3, 0.4) is 0 Å². The number of aromatic nitrogens is 1. The SMILES string of the molecule is CC(=O)c1c(C)[nH]c(C(=O)C[NH2+]C2CCCCCCC2)c1C. The van der Waals surface area contributed by atoms with Crippen molar-refractivity contribution in [3.05, 3.63) is 22.5 Å². The maximum atomic E-state index is 12.5. The molecule has 4 nitrogen and oxygen atoms in total. The Kier molecular flexibility index (Phi) is 5.95. The molecule has 1 saturated carbocycles. The molecule has 0 amide bonds. The van der Waals surface area contributed by atoms with Crippen molar-refractivity contribution in [1.29, 1.82) is 0 Å². The molecule has 0 radical (unpaired) electrons. The lowest BCUT2D eigenvalue weighted by Gasteiger charge is -2.17. The number of hydrogen-bond donors (Lipinski definition) is 2. The number of aryl methyl sites for hydroxylation is 1. The summed E-state index contributed by atoms with van der Waals surface area (Å²) in [6.07, 6.45) is 9.02. The molecule has 0 saturated heterocycles. The number of aromatic amines is 1. The van der Waals surface area contributed by atoms with Crippen molar-refractivity contribution in [3.63, 3.8) is 0 Å². The Morgan fingerprint density at radius 2 is 1.68 bits per heavy atom. The van der Waals surface area contributed by atoms with Gasteiger partial charge in [0.25, 0.3) is 0 Å². The van der Waals surface area contributed by atoms with Crippen molar-refractivity contribution in [2.75, 3.05) is 6.54 Å². The van der Waals surface area contributed by atoms with E-state index in [1.807, 2.05) is 13.8 Å².